The maximum atomic E-state index is 12.0. The minimum Gasteiger partial charge on any atom is -0.493 e. The summed E-state index contributed by atoms with van der Waals surface area (Å²) in [7, 11) is 1.54. The van der Waals surface area contributed by atoms with E-state index >= 15 is 0 Å². The molecule has 0 radical (unpaired) electrons. The molecule has 2 aromatic carbocycles. The second-order valence-corrected chi connectivity index (χ2v) is 5.51. The first-order valence-corrected chi connectivity index (χ1v) is 7.92. The standard InChI is InChI=1S/C18H19N3O5/c1-20(13-17(22)19-14-5-3-2-4-6-14)18(23)11-12-26-16-9-7-15(8-10-16)21(24)25/h2-10H,11-13H2,1H3,(H,19,22). The van der Waals surface area contributed by atoms with Crippen LogP contribution in [0.5, 0.6) is 5.75 Å². The van der Waals surface area contributed by atoms with E-state index in [1.165, 1.54) is 29.2 Å². The van der Waals surface area contributed by atoms with E-state index in [0.29, 0.717) is 11.4 Å². The Morgan fingerprint density at radius 3 is 2.38 bits per heavy atom. The molecular formula is C18H19N3O5. The second kappa shape index (κ2) is 9.16. The zero-order valence-corrected chi connectivity index (χ0v) is 14.3. The number of para-hydroxylation sites is 1. The molecule has 0 spiro atoms. The number of carbonyl (C=O) groups is 2. The van der Waals surface area contributed by atoms with E-state index in [2.05, 4.69) is 5.32 Å². The van der Waals surface area contributed by atoms with Gasteiger partial charge in [-0.25, -0.2) is 0 Å². The minimum atomic E-state index is -0.497. The Labute approximate surface area is 150 Å². The van der Waals surface area contributed by atoms with Crippen LogP contribution in [-0.4, -0.2) is 41.8 Å². The molecule has 8 nitrogen and oxygen atoms in total. The third-order valence-corrected chi connectivity index (χ3v) is 3.50. The van der Waals surface area contributed by atoms with Crippen LogP contribution >= 0.6 is 0 Å². The van der Waals surface area contributed by atoms with Crippen molar-refractivity contribution in [3.63, 3.8) is 0 Å². The lowest BCUT2D eigenvalue weighted by Crippen LogP contribution is -2.35. The summed E-state index contributed by atoms with van der Waals surface area (Å²) in [5.41, 5.74) is 0.637. The number of ether oxygens (including phenoxy) is 1. The smallest absolute Gasteiger partial charge is 0.269 e. The third-order valence-electron chi connectivity index (χ3n) is 3.50. The number of anilines is 1. The van der Waals surface area contributed by atoms with Crippen molar-refractivity contribution in [1.29, 1.82) is 0 Å². The van der Waals surface area contributed by atoms with Crippen LogP contribution in [0.25, 0.3) is 0 Å². The van der Waals surface area contributed by atoms with Gasteiger partial charge in [0.05, 0.1) is 24.5 Å². The highest BCUT2D eigenvalue weighted by Crippen LogP contribution is 2.17. The SMILES string of the molecule is CN(CC(=O)Nc1ccccc1)C(=O)CCOc1ccc([N+](=O)[O-])cc1. The van der Waals surface area contributed by atoms with Gasteiger partial charge in [0, 0.05) is 24.9 Å². The maximum absolute atomic E-state index is 12.0. The number of nitrogens with zero attached hydrogens (tertiary/aromatic N) is 2. The molecule has 0 aromatic heterocycles. The van der Waals surface area contributed by atoms with Crippen molar-refractivity contribution in [2.75, 3.05) is 25.5 Å². The number of nitrogens with one attached hydrogen (secondary N) is 1. The molecule has 0 aliphatic rings. The maximum Gasteiger partial charge on any atom is 0.269 e. The lowest BCUT2D eigenvalue weighted by Gasteiger charge is -2.17. The van der Waals surface area contributed by atoms with Crippen molar-refractivity contribution >= 4 is 23.2 Å². The molecule has 0 heterocycles. The van der Waals surface area contributed by atoms with Gasteiger partial charge in [0.2, 0.25) is 11.8 Å². The van der Waals surface area contributed by atoms with Gasteiger partial charge in [-0.15, -0.1) is 0 Å². The Morgan fingerprint density at radius 2 is 1.77 bits per heavy atom. The van der Waals surface area contributed by atoms with E-state index < -0.39 is 4.92 Å². The predicted molar refractivity (Wildman–Crippen MR) is 95.9 cm³/mol. The summed E-state index contributed by atoms with van der Waals surface area (Å²) >= 11 is 0. The number of benzene rings is 2. The monoisotopic (exact) mass is 357 g/mol. The summed E-state index contributed by atoms with van der Waals surface area (Å²) in [5, 5.41) is 13.3. The van der Waals surface area contributed by atoms with Gasteiger partial charge in [-0.3, -0.25) is 19.7 Å². The van der Waals surface area contributed by atoms with Crippen LogP contribution in [0.15, 0.2) is 54.6 Å². The molecule has 0 saturated carbocycles. The van der Waals surface area contributed by atoms with Crippen molar-refractivity contribution in [3.8, 4) is 5.75 Å². The van der Waals surface area contributed by atoms with Gasteiger partial charge in [-0.05, 0) is 24.3 Å². The number of hydrogen-bond acceptors (Lipinski definition) is 5. The van der Waals surface area contributed by atoms with Crippen molar-refractivity contribution in [2.45, 2.75) is 6.42 Å². The summed E-state index contributed by atoms with van der Waals surface area (Å²) in [6.07, 6.45) is 0.0894. The Kier molecular flexibility index (Phi) is 6.67. The molecule has 0 fully saturated rings. The second-order valence-electron chi connectivity index (χ2n) is 5.51. The number of nitro benzene ring substituents is 1. The lowest BCUT2D eigenvalue weighted by molar-refractivity contribution is -0.384. The zero-order valence-electron chi connectivity index (χ0n) is 14.3. The summed E-state index contributed by atoms with van der Waals surface area (Å²) in [4.78, 5) is 35.4. The molecule has 2 rings (SSSR count). The quantitative estimate of drug-likeness (QED) is 0.577. The first-order valence-electron chi connectivity index (χ1n) is 7.92. The fourth-order valence-electron chi connectivity index (χ4n) is 2.14. The summed E-state index contributed by atoms with van der Waals surface area (Å²) < 4.78 is 5.39. The van der Waals surface area contributed by atoms with Crippen LogP contribution in [0.2, 0.25) is 0 Å². The Balaban J connectivity index is 1.73. The van der Waals surface area contributed by atoms with Crippen molar-refractivity contribution in [2.24, 2.45) is 0 Å². The zero-order chi connectivity index (χ0) is 18.9. The molecule has 1 N–H and O–H groups in total. The molecule has 0 unspecified atom stereocenters. The number of nitro groups is 1. The van der Waals surface area contributed by atoms with Gasteiger partial charge in [0.15, 0.2) is 0 Å². The van der Waals surface area contributed by atoms with Gasteiger partial charge in [-0.2, -0.15) is 0 Å². The summed E-state index contributed by atoms with van der Waals surface area (Å²) in [5.74, 6) is -0.0914. The average molecular weight is 357 g/mol. The minimum absolute atomic E-state index is 0.0300. The highest BCUT2D eigenvalue weighted by Gasteiger charge is 2.13. The van der Waals surface area contributed by atoms with Crippen molar-refractivity contribution < 1.29 is 19.2 Å². The van der Waals surface area contributed by atoms with Crippen LogP contribution in [-0.2, 0) is 9.59 Å². The Hall–Kier alpha value is -3.42. The van der Waals surface area contributed by atoms with E-state index in [9.17, 15) is 19.7 Å². The van der Waals surface area contributed by atoms with Gasteiger partial charge >= 0.3 is 0 Å². The molecule has 136 valence electrons. The van der Waals surface area contributed by atoms with E-state index in [1.807, 2.05) is 6.07 Å². The lowest BCUT2D eigenvalue weighted by atomic mass is 10.3. The molecule has 8 heteroatoms. The van der Waals surface area contributed by atoms with Crippen LogP contribution in [0, 0.1) is 10.1 Å². The van der Waals surface area contributed by atoms with Crippen molar-refractivity contribution in [3.05, 3.63) is 64.7 Å². The van der Waals surface area contributed by atoms with Crippen LogP contribution in [0.3, 0.4) is 0 Å². The first kappa shape index (κ1) is 18.9. The Bertz CT molecular complexity index is 762. The number of amides is 2. The molecule has 0 atom stereocenters. The fourth-order valence-corrected chi connectivity index (χ4v) is 2.14. The molecule has 0 aliphatic carbocycles. The van der Waals surface area contributed by atoms with Gasteiger partial charge < -0.3 is 15.0 Å². The Morgan fingerprint density at radius 1 is 1.12 bits per heavy atom. The molecule has 26 heavy (non-hydrogen) atoms. The van der Waals surface area contributed by atoms with Crippen LogP contribution < -0.4 is 10.1 Å². The predicted octanol–water partition coefficient (Wildman–Crippen LogP) is 2.46. The van der Waals surface area contributed by atoms with E-state index in [0.717, 1.165) is 0 Å². The first-order chi connectivity index (χ1) is 12.5. The van der Waals surface area contributed by atoms with E-state index in [4.69, 9.17) is 4.74 Å². The van der Waals surface area contributed by atoms with Crippen LogP contribution in [0.4, 0.5) is 11.4 Å². The normalized spacial score (nSPS) is 10.0. The number of rotatable bonds is 8. The number of likely N-dealkylation sites (N-methyl/N-ethyl adjacent to an activating group) is 1. The summed E-state index contributed by atoms with van der Waals surface area (Å²) in [6.45, 7) is 0.0482. The van der Waals surface area contributed by atoms with Crippen molar-refractivity contribution in [1.82, 2.24) is 4.90 Å². The van der Waals surface area contributed by atoms with Gasteiger partial charge in [0.25, 0.3) is 5.69 Å². The van der Waals surface area contributed by atoms with E-state index in [-0.39, 0.29) is 37.1 Å². The number of hydrogen-bond donors (Lipinski definition) is 1. The molecule has 0 bridgehead atoms. The molecule has 0 saturated heterocycles. The van der Waals surface area contributed by atoms with Gasteiger partial charge in [0.1, 0.15) is 5.75 Å². The molecule has 2 amide bonds. The average Bonchev–Trinajstić information content (AvgIpc) is 2.62. The van der Waals surface area contributed by atoms with Crippen LogP contribution in [0.1, 0.15) is 6.42 Å². The molecule has 2 aromatic rings. The fraction of sp³-hybridized carbons (Fsp3) is 0.222. The largest absolute Gasteiger partial charge is 0.493 e. The highest BCUT2D eigenvalue weighted by atomic mass is 16.6. The van der Waals surface area contributed by atoms with Gasteiger partial charge in [-0.1, -0.05) is 18.2 Å². The number of non-ortho nitro benzene ring substituents is 1. The number of carbonyl (C=O) groups excluding carboxylic acids is 2. The topological polar surface area (TPSA) is 102 Å². The van der Waals surface area contributed by atoms with E-state index in [1.54, 1.807) is 31.3 Å². The third kappa shape index (κ3) is 5.90. The highest BCUT2D eigenvalue weighted by molar-refractivity contribution is 5.94. The molecule has 0 aliphatic heterocycles. The molecular weight excluding hydrogens is 338 g/mol. The summed E-state index contributed by atoms with van der Waals surface area (Å²) in [6, 6.07) is 14.6.